The van der Waals surface area contributed by atoms with Gasteiger partial charge in [0.15, 0.2) is 5.79 Å². The van der Waals surface area contributed by atoms with Crippen molar-refractivity contribution in [2.24, 2.45) is 0 Å². The van der Waals surface area contributed by atoms with E-state index >= 15 is 0 Å². The maximum absolute atomic E-state index is 5.23. The lowest BCUT2D eigenvalue weighted by atomic mass is 10.3. The van der Waals surface area contributed by atoms with Gasteiger partial charge in [-0.3, -0.25) is 0 Å². The first kappa shape index (κ1) is 6.05. The summed E-state index contributed by atoms with van der Waals surface area (Å²) in [6.07, 6.45) is 0.294. The molecule has 1 rings (SSSR count). The van der Waals surface area contributed by atoms with Crippen LogP contribution in [-0.2, 0) is 9.47 Å². The SMILES string of the molecule is CCOC1(C)OC1C. The van der Waals surface area contributed by atoms with Crippen molar-refractivity contribution in [3.63, 3.8) is 0 Å². The molecule has 1 aliphatic rings. The van der Waals surface area contributed by atoms with E-state index in [0.29, 0.717) is 6.10 Å². The van der Waals surface area contributed by atoms with Crippen LogP contribution in [0.2, 0.25) is 0 Å². The molecule has 0 radical (unpaired) electrons. The number of ether oxygens (including phenoxy) is 2. The van der Waals surface area contributed by atoms with Gasteiger partial charge >= 0.3 is 0 Å². The van der Waals surface area contributed by atoms with Crippen molar-refractivity contribution in [3.05, 3.63) is 0 Å². The summed E-state index contributed by atoms with van der Waals surface area (Å²) in [6.45, 7) is 6.68. The minimum atomic E-state index is -0.241. The van der Waals surface area contributed by atoms with E-state index in [0.717, 1.165) is 6.61 Å². The van der Waals surface area contributed by atoms with Gasteiger partial charge in [-0.05, 0) is 20.8 Å². The first-order valence-corrected chi connectivity index (χ1v) is 3.01. The molecule has 2 atom stereocenters. The highest BCUT2D eigenvalue weighted by Crippen LogP contribution is 2.36. The highest BCUT2D eigenvalue weighted by Gasteiger charge is 2.49. The van der Waals surface area contributed by atoms with Gasteiger partial charge in [0.2, 0.25) is 0 Å². The number of hydrogen-bond acceptors (Lipinski definition) is 2. The molecule has 1 heterocycles. The van der Waals surface area contributed by atoms with Gasteiger partial charge < -0.3 is 9.47 Å². The summed E-state index contributed by atoms with van der Waals surface area (Å²) in [5.74, 6) is -0.241. The first-order chi connectivity index (χ1) is 3.69. The van der Waals surface area contributed by atoms with E-state index in [2.05, 4.69) is 0 Å². The molecule has 0 aromatic rings. The maximum atomic E-state index is 5.23. The molecule has 48 valence electrons. The van der Waals surface area contributed by atoms with Gasteiger partial charge in [-0.2, -0.15) is 0 Å². The lowest BCUT2D eigenvalue weighted by molar-refractivity contribution is -0.0230. The molecule has 8 heavy (non-hydrogen) atoms. The predicted molar refractivity (Wildman–Crippen MR) is 30.6 cm³/mol. The second-order valence-corrected chi connectivity index (χ2v) is 2.21. The summed E-state index contributed by atoms with van der Waals surface area (Å²) >= 11 is 0. The topological polar surface area (TPSA) is 21.8 Å². The Balaban J connectivity index is 2.25. The smallest absolute Gasteiger partial charge is 0.192 e. The second kappa shape index (κ2) is 1.71. The molecule has 0 aromatic carbocycles. The van der Waals surface area contributed by atoms with Crippen LogP contribution < -0.4 is 0 Å². The van der Waals surface area contributed by atoms with E-state index in [4.69, 9.17) is 9.47 Å². The zero-order valence-corrected chi connectivity index (χ0v) is 5.60. The highest BCUT2D eigenvalue weighted by atomic mass is 16.8. The van der Waals surface area contributed by atoms with Crippen LogP contribution in [0.4, 0.5) is 0 Å². The quantitative estimate of drug-likeness (QED) is 0.505. The Morgan fingerprint density at radius 1 is 1.75 bits per heavy atom. The summed E-state index contributed by atoms with van der Waals surface area (Å²) in [7, 11) is 0. The molecule has 1 saturated heterocycles. The molecule has 0 aliphatic carbocycles. The normalized spacial score (nSPS) is 44.6. The molecule has 2 unspecified atom stereocenters. The van der Waals surface area contributed by atoms with Gasteiger partial charge in [0.25, 0.3) is 0 Å². The summed E-state index contributed by atoms with van der Waals surface area (Å²) in [4.78, 5) is 0. The van der Waals surface area contributed by atoms with E-state index in [1.165, 1.54) is 0 Å². The Morgan fingerprint density at radius 2 is 2.25 bits per heavy atom. The van der Waals surface area contributed by atoms with Crippen LogP contribution in [0.3, 0.4) is 0 Å². The molecule has 0 spiro atoms. The fraction of sp³-hybridized carbons (Fsp3) is 1.00. The second-order valence-electron chi connectivity index (χ2n) is 2.21. The largest absolute Gasteiger partial charge is 0.348 e. The monoisotopic (exact) mass is 116 g/mol. The highest BCUT2D eigenvalue weighted by molar-refractivity contribution is 4.86. The van der Waals surface area contributed by atoms with Gasteiger partial charge in [0.1, 0.15) is 6.10 Å². The standard InChI is InChI=1S/C6H12O2/c1-4-7-6(3)5(2)8-6/h5H,4H2,1-3H3. The molecule has 2 heteroatoms. The van der Waals surface area contributed by atoms with E-state index < -0.39 is 0 Å². The minimum absolute atomic E-state index is 0.241. The molecule has 0 saturated carbocycles. The number of hydrogen-bond donors (Lipinski definition) is 0. The lowest BCUT2D eigenvalue weighted by Gasteiger charge is -2.02. The Kier molecular flexibility index (Phi) is 1.29. The summed E-state index contributed by atoms with van der Waals surface area (Å²) < 4.78 is 10.4. The molecular weight excluding hydrogens is 104 g/mol. The van der Waals surface area contributed by atoms with Gasteiger partial charge in [0, 0.05) is 6.61 Å². The molecule has 0 amide bonds. The van der Waals surface area contributed by atoms with Crippen LogP contribution >= 0.6 is 0 Å². The van der Waals surface area contributed by atoms with Crippen molar-refractivity contribution in [1.29, 1.82) is 0 Å². The third kappa shape index (κ3) is 0.858. The number of rotatable bonds is 2. The van der Waals surface area contributed by atoms with Crippen molar-refractivity contribution in [3.8, 4) is 0 Å². The van der Waals surface area contributed by atoms with E-state index in [1.54, 1.807) is 0 Å². The van der Waals surface area contributed by atoms with Crippen LogP contribution in [0.5, 0.6) is 0 Å². The summed E-state index contributed by atoms with van der Waals surface area (Å²) in [6, 6.07) is 0. The Labute approximate surface area is 49.8 Å². The average Bonchev–Trinajstić information content (AvgIpc) is 2.16. The first-order valence-electron chi connectivity index (χ1n) is 3.01. The lowest BCUT2D eigenvalue weighted by Crippen LogP contribution is -2.12. The molecule has 1 fully saturated rings. The van der Waals surface area contributed by atoms with E-state index in [9.17, 15) is 0 Å². The third-order valence-corrected chi connectivity index (χ3v) is 1.52. The van der Waals surface area contributed by atoms with Gasteiger partial charge in [-0.1, -0.05) is 0 Å². The summed E-state index contributed by atoms with van der Waals surface area (Å²) in [5, 5.41) is 0. The average molecular weight is 116 g/mol. The third-order valence-electron chi connectivity index (χ3n) is 1.52. The van der Waals surface area contributed by atoms with Crippen LogP contribution in [0.25, 0.3) is 0 Å². The molecular formula is C6H12O2. The maximum Gasteiger partial charge on any atom is 0.192 e. The van der Waals surface area contributed by atoms with Gasteiger partial charge in [-0.25, -0.2) is 0 Å². The van der Waals surface area contributed by atoms with Crippen molar-refractivity contribution >= 4 is 0 Å². The van der Waals surface area contributed by atoms with Crippen LogP contribution in [0, 0.1) is 0 Å². The Morgan fingerprint density at radius 3 is 2.38 bits per heavy atom. The van der Waals surface area contributed by atoms with E-state index in [1.807, 2.05) is 20.8 Å². The van der Waals surface area contributed by atoms with Crippen LogP contribution in [-0.4, -0.2) is 18.5 Å². The van der Waals surface area contributed by atoms with Crippen molar-refractivity contribution in [2.45, 2.75) is 32.7 Å². The van der Waals surface area contributed by atoms with Crippen molar-refractivity contribution < 1.29 is 9.47 Å². The van der Waals surface area contributed by atoms with Crippen LogP contribution in [0.15, 0.2) is 0 Å². The van der Waals surface area contributed by atoms with E-state index in [-0.39, 0.29) is 5.79 Å². The van der Waals surface area contributed by atoms with Crippen LogP contribution in [0.1, 0.15) is 20.8 Å². The number of epoxide rings is 1. The molecule has 1 aliphatic heterocycles. The predicted octanol–water partition coefficient (Wildman–Crippen LogP) is 1.16. The fourth-order valence-electron chi connectivity index (χ4n) is 0.755. The minimum Gasteiger partial charge on any atom is -0.348 e. The fourth-order valence-corrected chi connectivity index (χ4v) is 0.755. The zero-order chi connectivity index (χ0) is 6.20. The van der Waals surface area contributed by atoms with Gasteiger partial charge in [0.05, 0.1) is 0 Å². The molecule has 2 nitrogen and oxygen atoms in total. The zero-order valence-electron chi connectivity index (χ0n) is 5.60. The molecule has 0 aromatic heterocycles. The Bertz CT molecular complexity index is 92.5. The molecule has 0 N–H and O–H groups in total. The van der Waals surface area contributed by atoms with Crippen molar-refractivity contribution in [2.75, 3.05) is 6.61 Å². The Hall–Kier alpha value is -0.0800. The van der Waals surface area contributed by atoms with Crippen molar-refractivity contribution in [1.82, 2.24) is 0 Å². The van der Waals surface area contributed by atoms with Gasteiger partial charge in [-0.15, -0.1) is 0 Å². The molecule has 0 bridgehead atoms. The summed E-state index contributed by atoms with van der Waals surface area (Å²) in [5.41, 5.74) is 0.